The molecule has 0 aliphatic carbocycles. The number of nitro groups is 1. The van der Waals surface area contributed by atoms with E-state index in [9.17, 15) is 25.3 Å². The lowest BCUT2D eigenvalue weighted by atomic mass is 10.1. The Morgan fingerprint density at radius 3 is 2.77 bits per heavy atom. The van der Waals surface area contributed by atoms with Crippen LogP contribution in [-0.4, -0.2) is 15.9 Å². The molecule has 3 aromatic rings. The monoisotopic (exact) mass is 423 g/mol. The number of phenolic OH excluding ortho intramolecular Hbond substituents is 1. The molecule has 0 spiro atoms. The van der Waals surface area contributed by atoms with Crippen molar-refractivity contribution in [1.82, 2.24) is 0 Å². The maximum atomic E-state index is 12.5. The first-order chi connectivity index (χ1) is 14.3. The van der Waals surface area contributed by atoms with Crippen LogP contribution < -0.4 is 5.32 Å². The molecular weight excluding hydrogens is 410 g/mol. The van der Waals surface area contributed by atoms with E-state index in [-0.39, 0.29) is 34.1 Å². The predicted octanol–water partition coefficient (Wildman–Crippen LogP) is 5.07. The highest BCUT2D eigenvalue weighted by atomic mass is 35.5. The Bertz CT molecular complexity index is 1220. The van der Waals surface area contributed by atoms with Crippen molar-refractivity contribution in [2.75, 3.05) is 5.32 Å². The standard InChI is InChI=1S/C21H14ClN3O5/c1-12-17(22)3-2-4-18(12)24-21(27)13(11-23)9-15-6-8-20(30-15)16-10-14(25(28)29)5-7-19(16)26/h2-10,26H,1H3,(H,24,27)/b13-9-. The molecule has 1 aromatic heterocycles. The van der Waals surface area contributed by atoms with Gasteiger partial charge in [-0.3, -0.25) is 14.9 Å². The summed E-state index contributed by atoms with van der Waals surface area (Å²) in [6.45, 7) is 1.73. The minimum Gasteiger partial charge on any atom is -0.507 e. The van der Waals surface area contributed by atoms with Gasteiger partial charge in [-0.1, -0.05) is 17.7 Å². The zero-order valence-electron chi connectivity index (χ0n) is 15.5. The number of anilines is 1. The van der Waals surface area contributed by atoms with Crippen molar-refractivity contribution in [3.05, 3.63) is 80.6 Å². The van der Waals surface area contributed by atoms with Crippen LogP contribution in [0.3, 0.4) is 0 Å². The van der Waals surface area contributed by atoms with Crippen molar-refractivity contribution in [2.24, 2.45) is 0 Å². The number of non-ortho nitro benzene ring substituents is 1. The molecule has 0 radical (unpaired) electrons. The summed E-state index contributed by atoms with van der Waals surface area (Å²) in [6.07, 6.45) is 1.23. The number of hydrogen-bond acceptors (Lipinski definition) is 6. The second kappa shape index (κ2) is 8.51. The number of amides is 1. The van der Waals surface area contributed by atoms with Crippen LogP contribution in [0.1, 0.15) is 11.3 Å². The molecule has 0 saturated heterocycles. The molecule has 9 heteroatoms. The van der Waals surface area contributed by atoms with E-state index in [1.54, 1.807) is 31.2 Å². The molecular formula is C21H14ClN3O5. The molecule has 0 aliphatic rings. The summed E-state index contributed by atoms with van der Waals surface area (Å²) < 4.78 is 5.55. The summed E-state index contributed by atoms with van der Waals surface area (Å²) in [7, 11) is 0. The lowest BCUT2D eigenvalue weighted by Crippen LogP contribution is -2.14. The highest BCUT2D eigenvalue weighted by molar-refractivity contribution is 6.31. The van der Waals surface area contributed by atoms with Gasteiger partial charge in [-0.2, -0.15) is 5.26 Å². The molecule has 0 saturated carbocycles. The van der Waals surface area contributed by atoms with E-state index in [1.165, 1.54) is 36.4 Å². The van der Waals surface area contributed by atoms with Crippen LogP contribution in [0, 0.1) is 28.4 Å². The lowest BCUT2D eigenvalue weighted by Gasteiger charge is -2.08. The fraction of sp³-hybridized carbons (Fsp3) is 0.0476. The van der Waals surface area contributed by atoms with Gasteiger partial charge in [0.25, 0.3) is 11.6 Å². The van der Waals surface area contributed by atoms with Gasteiger partial charge in [-0.15, -0.1) is 0 Å². The van der Waals surface area contributed by atoms with Crippen molar-refractivity contribution < 1.29 is 19.2 Å². The van der Waals surface area contributed by atoms with Crippen LogP contribution in [-0.2, 0) is 4.79 Å². The summed E-state index contributed by atoms with van der Waals surface area (Å²) >= 11 is 6.04. The number of aromatic hydroxyl groups is 1. The van der Waals surface area contributed by atoms with Crippen LogP contribution in [0.2, 0.25) is 5.02 Å². The molecule has 0 unspecified atom stereocenters. The summed E-state index contributed by atoms with van der Waals surface area (Å²) in [6, 6.07) is 13.3. The van der Waals surface area contributed by atoms with Crippen LogP contribution in [0.4, 0.5) is 11.4 Å². The van der Waals surface area contributed by atoms with Gasteiger partial charge in [0.05, 0.1) is 10.5 Å². The molecule has 0 fully saturated rings. The maximum Gasteiger partial charge on any atom is 0.270 e. The number of furan rings is 1. The molecule has 150 valence electrons. The normalized spacial score (nSPS) is 11.0. The number of halogens is 1. The van der Waals surface area contributed by atoms with Crippen molar-refractivity contribution in [3.8, 4) is 23.1 Å². The van der Waals surface area contributed by atoms with Gasteiger partial charge in [-0.05, 0) is 42.8 Å². The van der Waals surface area contributed by atoms with Gasteiger partial charge < -0.3 is 14.8 Å². The molecule has 0 aliphatic heterocycles. The zero-order valence-corrected chi connectivity index (χ0v) is 16.3. The first-order valence-electron chi connectivity index (χ1n) is 8.56. The van der Waals surface area contributed by atoms with Gasteiger partial charge in [-0.25, -0.2) is 0 Å². The van der Waals surface area contributed by atoms with Crippen molar-refractivity contribution in [3.63, 3.8) is 0 Å². The van der Waals surface area contributed by atoms with E-state index in [1.807, 2.05) is 0 Å². The third-order valence-corrected chi connectivity index (χ3v) is 4.66. The fourth-order valence-corrected chi connectivity index (χ4v) is 2.81. The summed E-state index contributed by atoms with van der Waals surface area (Å²) in [5.41, 5.74) is 0.798. The third-order valence-electron chi connectivity index (χ3n) is 4.25. The molecule has 2 N–H and O–H groups in total. The van der Waals surface area contributed by atoms with E-state index in [0.29, 0.717) is 16.3 Å². The molecule has 0 bridgehead atoms. The molecule has 3 rings (SSSR count). The average Bonchev–Trinajstić information content (AvgIpc) is 3.18. The third kappa shape index (κ3) is 4.32. The van der Waals surface area contributed by atoms with Crippen molar-refractivity contribution >= 4 is 35.0 Å². The fourth-order valence-electron chi connectivity index (χ4n) is 2.63. The summed E-state index contributed by atoms with van der Waals surface area (Å²) in [5.74, 6) is -0.560. The van der Waals surface area contributed by atoms with Crippen molar-refractivity contribution in [2.45, 2.75) is 6.92 Å². The number of phenols is 1. The number of carbonyl (C=O) groups excluding carboxylic acids is 1. The van der Waals surface area contributed by atoms with Crippen molar-refractivity contribution in [1.29, 1.82) is 5.26 Å². The highest BCUT2D eigenvalue weighted by Crippen LogP contribution is 2.34. The van der Waals surface area contributed by atoms with E-state index in [4.69, 9.17) is 16.0 Å². The quantitative estimate of drug-likeness (QED) is 0.255. The lowest BCUT2D eigenvalue weighted by molar-refractivity contribution is -0.384. The summed E-state index contributed by atoms with van der Waals surface area (Å²) in [4.78, 5) is 22.8. The smallest absolute Gasteiger partial charge is 0.270 e. The van der Waals surface area contributed by atoms with Gasteiger partial charge in [0.1, 0.15) is 28.9 Å². The van der Waals surface area contributed by atoms with Gasteiger partial charge in [0, 0.05) is 28.9 Å². The Balaban J connectivity index is 1.88. The Labute approximate surface area is 175 Å². The average molecular weight is 424 g/mol. The predicted molar refractivity (Wildman–Crippen MR) is 111 cm³/mol. The molecule has 1 amide bonds. The second-order valence-corrected chi connectivity index (χ2v) is 6.60. The maximum absolute atomic E-state index is 12.5. The van der Waals surface area contributed by atoms with E-state index >= 15 is 0 Å². The largest absolute Gasteiger partial charge is 0.507 e. The van der Waals surface area contributed by atoms with Crippen LogP contribution >= 0.6 is 11.6 Å². The highest BCUT2D eigenvalue weighted by Gasteiger charge is 2.16. The Kier molecular flexibility index (Phi) is 5.85. The number of rotatable bonds is 5. The van der Waals surface area contributed by atoms with Gasteiger partial charge in [0.15, 0.2) is 0 Å². The van der Waals surface area contributed by atoms with Gasteiger partial charge in [0.2, 0.25) is 0 Å². The number of carbonyl (C=O) groups is 1. The minimum absolute atomic E-state index is 0.112. The Morgan fingerprint density at radius 1 is 1.30 bits per heavy atom. The minimum atomic E-state index is -0.654. The number of nitrogens with zero attached hydrogens (tertiary/aromatic N) is 2. The molecule has 0 atom stereocenters. The number of benzene rings is 2. The zero-order chi connectivity index (χ0) is 21.8. The van der Waals surface area contributed by atoms with E-state index < -0.39 is 10.8 Å². The molecule has 30 heavy (non-hydrogen) atoms. The van der Waals surface area contributed by atoms with E-state index in [0.717, 1.165) is 0 Å². The van der Waals surface area contributed by atoms with Crippen LogP contribution in [0.5, 0.6) is 5.75 Å². The number of nitrogens with one attached hydrogen (secondary N) is 1. The molecule has 8 nitrogen and oxygen atoms in total. The van der Waals surface area contributed by atoms with E-state index in [2.05, 4.69) is 5.32 Å². The molecule has 1 heterocycles. The number of hydrogen-bond donors (Lipinski definition) is 2. The van der Waals surface area contributed by atoms with Crippen LogP contribution in [0.25, 0.3) is 17.4 Å². The SMILES string of the molecule is Cc1c(Cl)cccc1NC(=O)/C(C#N)=C\c1ccc(-c2cc([N+](=O)[O-])ccc2O)o1. The Hall–Kier alpha value is -4.09. The van der Waals surface area contributed by atoms with Gasteiger partial charge >= 0.3 is 0 Å². The first kappa shape index (κ1) is 20.6. The van der Waals surface area contributed by atoms with Crippen LogP contribution in [0.15, 0.2) is 58.5 Å². The number of nitriles is 1. The number of nitro benzene ring substituents is 1. The molecule has 2 aromatic carbocycles. The topological polar surface area (TPSA) is 129 Å². The first-order valence-corrected chi connectivity index (χ1v) is 8.94. The summed E-state index contributed by atoms with van der Waals surface area (Å²) in [5, 5.41) is 33.4. The Morgan fingerprint density at radius 2 is 2.07 bits per heavy atom. The second-order valence-electron chi connectivity index (χ2n) is 6.20.